The predicted octanol–water partition coefficient (Wildman–Crippen LogP) is 8.54. The maximum Gasteiger partial charge on any atom is 0.407 e. The van der Waals surface area contributed by atoms with Crippen molar-refractivity contribution in [3.05, 3.63) is 42.7 Å². The van der Waals surface area contributed by atoms with Crippen LogP contribution in [0.25, 0.3) is 11.9 Å². The summed E-state index contributed by atoms with van der Waals surface area (Å²) in [5.74, 6) is 1.28. The van der Waals surface area contributed by atoms with Crippen LogP contribution in [0, 0.1) is 0 Å². The van der Waals surface area contributed by atoms with Crippen molar-refractivity contribution in [2.75, 3.05) is 107 Å². The van der Waals surface area contributed by atoms with Gasteiger partial charge < -0.3 is 66.0 Å². The number of ether oxygens (including phenoxy) is 4. The highest BCUT2D eigenvalue weighted by Gasteiger charge is 2.19. The summed E-state index contributed by atoms with van der Waals surface area (Å²) in [6, 6.07) is 0. The number of nitrogens with zero attached hydrogens (tertiary/aromatic N) is 13. The van der Waals surface area contributed by atoms with Crippen LogP contribution in [-0.2, 0) is 18.9 Å². The van der Waals surface area contributed by atoms with Crippen molar-refractivity contribution in [2.24, 2.45) is 5.73 Å². The van der Waals surface area contributed by atoms with Gasteiger partial charge in [-0.3, -0.25) is 9.13 Å². The van der Waals surface area contributed by atoms with E-state index in [0.717, 1.165) is 79.0 Å². The Kier molecular flexibility index (Phi) is 36.0. The van der Waals surface area contributed by atoms with Crippen molar-refractivity contribution in [1.82, 2.24) is 73.8 Å². The highest BCUT2D eigenvalue weighted by Crippen LogP contribution is 2.20. The Hall–Kier alpha value is -5.73. The molecule has 0 atom stereocenters. The molecule has 5 aromatic heterocycles. The third-order valence-corrected chi connectivity index (χ3v) is 12.6. The van der Waals surface area contributed by atoms with Crippen molar-refractivity contribution in [1.29, 1.82) is 0 Å². The highest BCUT2D eigenvalue weighted by molar-refractivity contribution is 9.09. The Bertz CT molecular complexity index is 2510. The minimum absolute atomic E-state index is 0.263. The van der Waals surface area contributed by atoms with E-state index in [2.05, 4.69) is 85.5 Å². The smallest absolute Gasteiger partial charge is 0.407 e. The second-order valence-electron chi connectivity index (χ2n) is 21.9. The van der Waals surface area contributed by atoms with E-state index in [0.29, 0.717) is 44.6 Å². The fourth-order valence-electron chi connectivity index (χ4n) is 5.64. The number of anilines is 3. The lowest BCUT2D eigenvalue weighted by molar-refractivity contribution is 0.0516. The van der Waals surface area contributed by atoms with Crippen LogP contribution in [0.4, 0.5) is 34.6 Å². The van der Waals surface area contributed by atoms with E-state index < -0.39 is 34.6 Å². The fourth-order valence-corrected chi connectivity index (χ4v) is 8.02. The molecule has 0 spiro atoms. The van der Waals surface area contributed by atoms with Gasteiger partial charge in [-0.05, 0) is 147 Å². The standard InChI is InChI=1S/C14H22N6O2S.C11H19ClN4O2S.C9H14N6S.C9H20N2O2.C8H16BrNO2/c1-14(2,3)22-13(21)16-6-5-8-19(4)12-17-11(18-23-12)20-9-7-15-10-20;1-11(2,3)18-10(17)13-6-5-7-16(4)9-14-8(12)15-19-9;1-14(5-2-3-10)9-12-8(13-16-9)15-6-4-11-7-15;1-9(2,3)13-8(12)11-7-5-6-10-4;1-8(2,3)12-7(11)10-6-4-5-9/h7,9-10H,5-6,8H2,1-4H3,(H,16,21);5-7H2,1-4H3,(H,13,17);4,6-7H,2-3,5,10H2,1H3;10H,5-7H2,1-4H3,(H,11,12);4-6H2,1-3H3,(H,10,11). The monoisotopic (exact) mass is 1310 g/mol. The van der Waals surface area contributed by atoms with E-state index in [1.54, 1.807) is 40.4 Å². The Labute approximate surface area is 515 Å². The largest absolute Gasteiger partial charge is 0.444 e. The van der Waals surface area contributed by atoms with Crippen LogP contribution < -0.4 is 47.0 Å². The zero-order valence-corrected chi connectivity index (χ0v) is 56.0. The third-order valence-electron chi connectivity index (χ3n) is 9.28. The quantitative estimate of drug-likeness (QED) is 0.0203. The van der Waals surface area contributed by atoms with Crippen LogP contribution in [0.5, 0.6) is 0 Å². The first-order valence-corrected chi connectivity index (χ1v) is 30.7. The van der Waals surface area contributed by atoms with Crippen LogP contribution in [0.1, 0.15) is 115 Å². The summed E-state index contributed by atoms with van der Waals surface area (Å²) in [7, 11) is 7.73. The molecule has 5 heterocycles. The molecule has 0 bridgehead atoms. The van der Waals surface area contributed by atoms with Gasteiger partial charge in [0.25, 0.3) is 0 Å². The molecule has 4 amide bonds. The predicted molar refractivity (Wildman–Crippen MR) is 336 cm³/mol. The molecule has 0 saturated heterocycles. The van der Waals surface area contributed by atoms with Crippen molar-refractivity contribution in [3.8, 4) is 11.9 Å². The number of carbonyl (C=O) groups is 4. The molecule has 0 fully saturated rings. The summed E-state index contributed by atoms with van der Waals surface area (Å²) in [5.41, 5.74) is 3.71. The summed E-state index contributed by atoms with van der Waals surface area (Å²) < 4.78 is 36.4. The number of carbonyl (C=O) groups excluding carboxylic acids is 4. The van der Waals surface area contributed by atoms with Gasteiger partial charge in [0.05, 0.1) is 0 Å². The zero-order chi connectivity index (χ0) is 62.7. The number of halogens is 2. The molecule has 0 saturated carbocycles. The topological polar surface area (TPSA) is 314 Å². The molecule has 0 aliphatic carbocycles. The average molecular weight is 1310 g/mol. The minimum Gasteiger partial charge on any atom is -0.444 e. The number of aromatic nitrogens is 10. The maximum atomic E-state index is 11.5. The SMILES string of the molecule is CC(C)(C)OC(=O)NCCCBr.CN(CCCN)c1nc(-n2ccnc2)ns1.CN(CCCNC(=O)OC(C)(C)C)c1nc(-n2ccnc2)ns1.CN(CCCNC(=O)OC(C)(C)C)c1nc(Cl)ns1.CNCCCNC(=O)OC(C)(C)C. The number of alkyl carbamates (subject to hydrolysis) is 4. The molecule has 27 nitrogen and oxygen atoms in total. The Morgan fingerprint density at radius 3 is 1.18 bits per heavy atom. The molecule has 0 radical (unpaired) electrons. The zero-order valence-electron chi connectivity index (χ0n) is 51.2. The molecule has 7 N–H and O–H groups in total. The summed E-state index contributed by atoms with van der Waals surface area (Å²) in [4.78, 5) is 71.9. The van der Waals surface area contributed by atoms with Gasteiger partial charge in [-0.2, -0.15) is 28.1 Å². The fraction of sp³-hybridized carbons (Fsp3) is 0.686. The lowest BCUT2D eigenvalue weighted by atomic mass is 10.2. The van der Waals surface area contributed by atoms with Gasteiger partial charge in [0, 0.05) is 132 Å². The van der Waals surface area contributed by atoms with Crippen LogP contribution in [0.3, 0.4) is 0 Å². The number of nitrogens with one attached hydrogen (secondary N) is 5. The summed E-state index contributed by atoms with van der Waals surface area (Å²) in [5, 5.41) is 17.4. The van der Waals surface area contributed by atoms with Crippen LogP contribution in [0.2, 0.25) is 5.28 Å². The van der Waals surface area contributed by atoms with E-state index in [-0.39, 0.29) is 17.5 Å². The molecule has 0 aliphatic heterocycles. The molecule has 32 heteroatoms. The number of alkyl halides is 1. The molecule has 0 aromatic carbocycles. The van der Waals surface area contributed by atoms with Gasteiger partial charge >= 0.3 is 24.4 Å². The molecule has 470 valence electrons. The minimum atomic E-state index is -0.475. The average Bonchev–Trinajstić information content (AvgIpc) is 4.47. The lowest BCUT2D eigenvalue weighted by Crippen LogP contribution is -2.34. The van der Waals surface area contributed by atoms with Crippen LogP contribution >= 0.6 is 62.1 Å². The van der Waals surface area contributed by atoms with Crippen LogP contribution in [-0.4, -0.2) is 186 Å². The van der Waals surface area contributed by atoms with E-state index >= 15 is 0 Å². The van der Waals surface area contributed by atoms with Gasteiger partial charge in [0.15, 0.2) is 0 Å². The molecular weight excluding hydrogens is 1220 g/mol. The number of amides is 4. The molecule has 0 aliphatic rings. The van der Waals surface area contributed by atoms with E-state index in [1.807, 2.05) is 127 Å². The highest BCUT2D eigenvalue weighted by atomic mass is 79.9. The number of hydrogen-bond donors (Lipinski definition) is 6. The summed E-state index contributed by atoms with van der Waals surface area (Å²) in [6.07, 6.45) is 13.3. The van der Waals surface area contributed by atoms with Crippen molar-refractivity contribution in [2.45, 2.75) is 138 Å². The van der Waals surface area contributed by atoms with Crippen molar-refractivity contribution in [3.63, 3.8) is 0 Å². The molecule has 5 rings (SSSR count). The normalized spacial score (nSPS) is 11.1. The number of imidazole rings is 2. The summed E-state index contributed by atoms with van der Waals surface area (Å²) in [6.45, 7) is 28.5. The second kappa shape index (κ2) is 39.7. The van der Waals surface area contributed by atoms with E-state index in [9.17, 15) is 19.2 Å². The summed E-state index contributed by atoms with van der Waals surface area (Å²) >= 11 is 12.9. The first-order chi connectivity index (χ1) is 38.8. The van der Waals surface area contributed by atoms with Crippen LogP contribution in [0.15, 0.2) is 37.4 Å². The number of rotatable bonds is 23. The van der Waals surface area contributed by atoms with Gasteiger partial charge in [0.1, 0.15) is 35.1 Å². The molecule has 0 unspecified atom stereocenters. The van der Waals surface area contributed by atoms with Gasteiger partial charge in [-0.15, -0.1) is 0 Å². The molecule has 83 heavy (non-hydrogen) atoms. The third kappa shape index (κ3) is 38.7. The molecular formula is C51H91BrClN19O8S3. The van der Waals surface area contributed by atoms with Crippen molar-refractivity contribution >= 4 is 102 Å². The molecule has 5 aromatic rings. The van der Waals surface area contributed by atoms with Gasteiger partial charge in [-0.25, -0.2) is 29.1 Å². The number of nitrogens with two attached hydrogens (primary N) is 1. The second-order valence-corrected chi connectivity index (χ2v) is 25.2. The first kappa shape index (κ1) is 75.3. The first-order valence-electron chi connectivity index (χ1n) is 26.9. The van der Waals surface area contributed by atoms with Crippen molar-refractivity contribution < 1.29 is 38.1 Å². The Balaban J connectivity index is 0.000000530. The Morgan fingerprint density at radius 2 is 0.880 bits per heavy atom. The van der Waals surface area contributed by atoms with E-state index in [1.165, 1.54) is 34.6 Å². The van der Waals surface area contributed by atoms with Gasteiger partial charge in [0.2, 0.25) is 32.6 Å². The van der Waals surface area contributed by atoms with Gasteiger partial charge in [-0.1, -0.05) is 15.9 Å². The Morgan fingerprint density at radius 1 is 0.542 bits per heavy atom. The lowest BCUT2D eigenvalue weighted by Gasteiger charge is -2.20. The number of hydrogen-bond acceptors (Lipinski definition) is 24. The van der Waals surface area contributed by atoms with E-state index in [4.69, 9.17) is 36.3 Å². The maximum absolute atomic E-state index is 11.5.